The van der Waals surface area contributed by atoms with Crippen molar-refractivity contribution in [1.29, 1.82) is 0 Å². The number of fused-ring (bicyclic) bond motifs is 1. The molecule has 4 heteroatoms. The predicted molar refractivity (Wildman–Crippen MR) is 53.1 cm³/mol. The molecular weight excluding hydrogens is 196 g/mol. The summed E-state index contributed by atoms with van der Waals surface area (Å²) in [5.41, 5.74) is 1.62. The summed E-state index contributed by atoms with van der Waals surface area (Å²) in [5.74, 6) is -1.79. The highest BCUT2D eigenvalue weighted by Crippen LogP contribution is 2.38. The topological polar surface area (TPSA) is 66.8 Å². The minimum atomic E-state index is -1.29. The molecule has 1 unspecified atom stereocenters. The molecule has 0 radical (unpaired) electrons. The predicted octanol–water partition coefficient (Wildman–Crippen LogP) is 1.34. The zero-order valence-corrected chi connectivity index (χ0v) is 8.57. The summed E-state index contributed by atoms with van der Waals surface area (Å²) in [4.78, 5) is 10.9. The Balaban J connectivity index is 2.60. The fraction of sp³-hybridized carbons (Fsp3) is 0.364. The van der Waals surface area contributed by atoms with E-state index in [1.165, 1.54) is 6.92 Å². The van der Waals surface area contributed by atoms with Gasteiger partial charge >= 0.3 is 5.97 Å². The van der Waals surface area contributed by atoms with E-state index in [1.807, 2.05) is 6.92 Å². The van der Waals surface area contributed by atoms with Gasteiger partial charge in [-0.25, -0.2) is 4.79 Å². The molecule has 0 amide bonds. The number of hydrogen-bond donors (Lipinski definition) is 2. The molecule has 0 aromatic heterocycles. The van der Waals surface area contributed by atoms with Crippen molar-refractivity contribution in [2.45, 2.75) is 26.1 Å². The average molecular weight is 208 g/mol. The van der Waals surface area contributed by atoms with Crippen LogP contribution in [0.4, 0.5) is 0 Å². The summed E-state index contributed by atoms with van der Waals surface area (Å²) < 4.78 is 5.31. The van der Waals surface area contributed by atoms with E-state index in [0.29, 0.717) is 11.3 Å². The van der Waals surface area contributed by atoms with E-state index in [4.69, 9.17) is 9.84 Å². The molecule has 80 valence electrons. The van der Waals surface area contributed by atoms with Gasteiger partial charge in [0.15, 0.2) is 0 Å². The Morgan fingerprint density at radius 2 is 2.20 bits per heavy atom. The lowest BCUT2D eigenvalue weighted by atomic mass is 10.00. The standard InChI is InChI=1S/C11H12O4/c1-6-3-4-7(10(12)13)8-5-11(2,14)15-9(6)8/h3-4,14H,5H2,1-2H3,(H,12,13). The quantitative estimate of drug-likeness (QED) is 0.730. The van der Waals surface area contributed by atoms with Gasteiger partial charge in [-0.05, 0) is 18.6 Å². The Labute approximate surface area is 87.1 Å². The Hall–Kier alpha value is -1.55. The molecule has 2 rings (SSSR count). The van der Waals surface area contributed by atoms with E-state index >= 15 is 0 Å². The van der Waals surface area contributed by atoms with Gasteiger partial charge in [-0.3, -0.25) is 0 Å². The summed E-state index contributed by atoms with van der Waals surface area (Å²) in [6.45, 7) is 3.35. The molecule has 4 nitrogen and oxygen atoms in total. The molecule has 0 aliphatic carbocycles. The van der Waals surface area contributed by atoms with E-state index in [9.17, 15) is 9.90 Å². The smallest absolute Gasteiger partial charge is 0.336 e. The summed E-state index contributed by atoms with van der Waals surface area (Å²) in [7, 11) is 0. The molecule has 0 spiro atoms. The number of aliphatic hydroxyl groups is 1. The van der Waals surface area contributed by atoms with Crippen LogP contribution in [0.25, 0.3) is 0 Å². The average Bonchev–Trinajstić information content (AvgIpc) is 2.41. The number of rotatable bonds is 1. The van der Waals surface area contributed by atoms with Gasteiger partial charge in [0.25, 0.3) is 0 Å². The van der Waals surface area contributed by atoms with Crippen LogP contribution in [0.5, 0.6) is 5.75 Å². The summed E-state index contributed by atoms with van der Waals surface area (Å²) in [6.07, 6.45) is 0.214. The van der Waals surface area contributed by atoms with Crippen LogP contribution in [0, 0.1) is 6.92 Å². The number of benzene rings is 1. The SMILES string of the molecule is Cc1ccc(C(=O)O)c2c1OC(C)(O)C2. The number of carboxylic acid groups (broad SMARTS) is 1. The summed E-state index contributed by atoms with van der Waals surface area (Å²) in [5, 5.41) is 18.7. The third-order valence-corrected chi connectivity index (χ3v) is 2.51. The van der Waals surface area contributed by atoms with Crippen molar-refractivity contribution >= 4 is 5.97 Å². The van der Waals surface area contributed by atoms with Crippen LogP contribution in [0.2, 0.25) is 0 Å². The Kier molecular flexibility index (Phi) is 1.98. The first kappa shape index (κ1) is 9.98. The molecule has 0 bridgehead atoms. The third-order valence-electron chi connectivity index (χ3n) is 2.51. The first-order valence-corrected chi connectivity index (χ1v) is 4.68. The van der Waals surface area contributed by atoms with Crippen molar-refractivity contribution in [2.24, 2.45) is 0 Å². The van der Waals surface area contributed by atoms with Crippen molar-refractivity contribution < 1.29 is 19.7 Å². The lowest BCUT2D eigenvalue weighted by Gasteiger charge is -2.15. The highest BCUT2D eigenvalue weighted by Gasteiger charge is 2.36. The summed E-state index contributed by atoms with van der Waals surface area (Å²) in [6, 6.07) is 3.23. The maximum atomic E-state index is 10.9. The largest absolute Gasteiger partial charge is 0.478 e. The highest BCUT2D eigenvalue weighted by molar-refractivity contribution is 5.90. The van der Waals surface area contributed by atoms with E-state index in [1.54, 1.807) is 12.1 Å². The van der Waals surface area contributed by atoms with Gasteiger partial charge in [0.05, 0.1) is 5.56 Å². The molecule has 15 heavy (non-hydrogen) atoms. The van der Waals surface area contributed by atoms with E-state index in [0.717, 1.165) is 5.56 Å². The van der Waals surface area contributed by atoms with Gasteiger partial charge in [-0.2, -0.15) is 0 Å². The monoisotopic (exact) mass is 208 g/mol. The summed E-state index contributed by atoms with van der Waals surface area (Å²) >= 11 is 0. The van der Waals surface area contributed by atoms with Gasteiger partial charge in [0, 0.05) is 18.9 Å². The lowest BCUT2D eigenvalue weighted by Crippen LogP contribution is -2.29. The Morgan fingerprint density at radius 3 is 2.80 bits per heavy atom. The lowest BCUT2D eigenvalue weighted by molar-refractivity contribution is -0.104. The zero-order valence-electron chi connectivity index (χ0n) is 8.57. The second-order valence-corrected chi connectivity index (χ2v) is 4.00. The van der Waals surface area contributed by atoms with Crippen molar-refractivity contribution in [1.82, 2.24) is 0 Å². The molecule has 1 aliphatic rings. The molecule has 0 saturated heterocycles. The number of aryl methyl sites for hydroxylation is 1. The van der Waals surface area contributed by atoms with Crippen LogP contribution in [0.3, 0.4) is 0 Å². The van der Waals surface area contributed by atoms with Gasteiger partial charge in [-0.1, -0.05) is 6.07 Å². The van der Waals surface area contributed by atoms with Crippen molar-refractivity contribution in [3.05, 3.63) is 28.8 Å². The van der Waals surface area contributed by atoms with E-state index < -0.39 is 11.8 Å². The van der Waals surface area contributed by atoms with Gasteiger partial charge in [0.1, 0.15) is 5.75 Å². The van der Waals surface area contributed by atoms with E-state index in [2.05, 4.69) is 0 Å². The number of hydrogen-bond acceptors (Lipinski definition) is 3. The van der Waals surface area contributed by atoms with Crippen LogP contribution in [-0.2, 0) is 6.42 Å². The highest BCUT2D eigenvalue weighted by atomic mass is 16.6. The Bertz CT molecular complexity index is 434. The third kappa shape index (κ3) is 1.57. The molecular formula is C11H12O4. The Morgan fingerprint density at radius 1 is 1.53 bits per heavy atom. The maximum Gasteiger partial charge on any atom is 0.336 e. The van der Waals surface area contributed by atoms with Crippen LogP contribution >= 0.6 is 0 Å². The molecule has 1 heterocycles. The van der Waals surface area contributed by atoms with Crippen LogP contribution in [0.1, 0.15) is 28.4 Å². The minimum Gasteiger partial charge on any atom is -0.478 e. The molecule has 1 aromatic rings. The van der Waals surface area contributed by atoms with Gasteiger partial charge in [-0.15, -0.1) is 0 Å². The number of aromatic carboxylic acids is 1. The fourth-order valence-electron chi connectivity index (χ4n) is 1.85. The molecule has 1 aliphatic heterocycles. The second kappa shape index (κ2) is 2.97. The normalized spacial score (nSPS) is 23.4. The van der Waals surface area contributed by atoms with E-state index in [-0.39, 0.29) is 12.0 Å². The van der Waals surface area contributed by atoms with Gasteiger partial charge < -0.3 is 14.9 Å². The van der Waals surface area contributed by atoms with Crippen LogP contribution in [0.15, 0.2) is 12.1 Å². The van der Waals surface area contributed by atoms with Crippen LogP contribution < -0.4 is 4.74 Å². The number of carbonyl (C=O) groups is 1. The van der Waals surface area contributed by atoms with Crippen molar-refractivity contribution in [3.8, 4) is 5.75 Å². The molecule has 0 fully saturated rings. The van der Waals surface area contributed by atoms with Crippen molar-refractivity contribution in [3.63, 3.8) is 0 Å². The van der Waals surface area contributed by atoms with Gasteiger partial charge in [0.2, 0.25) is 5.79 Å². The number of ether oxygens (including phenoxy) is 1. The maximum absolute atomic E-state index is 10.9. The molecule has 2 N–H and O–H groups in total. The zero-order chi connectivity index (χ0) is 11.2. The molecule has 1 aromatic carbocycles. The van der Waals surface area contributed by atoms with Crippen molar-refractivity contribution in [2.75, 3.05) is 0 Å². The number of carboxylic acids is 1. The minimum absolute atomic E-state index is 0.202. The molecule has 1 atom stereocenters. The first-order chi connectivity index (χ1) is 6.91. The van der Waals surface area contributed by atoms with Crippen LogP contribution in [-0.4, -0.2) is 22.0 Å². The molecule has 0 saturated carbocycles. The second-order valence-electron chi connectivity index (χ2n) is 4.00. The fourth-order valence-corrected chi connectivity index (χ4v) is 1.85. The first-order valence-electron chi connectivity index (χ1n) is 4.68.